The van der Waals surface area contributed by atoms with Gasteiger partial charge in [0.05, 0.1) is 17.1 Å². The van der Waals surface area contributed by atoms with E-state index in [-0.39, 0.29) is 11.9 Å². The maximum absolute atomic E-state index is 12.3. The molecule has 0 N–H and O–H groups in total. The first-order chi connectivity index (χ1) is 11.0. The van der Waals surface area contributed by atoms with E-state index >= 15 is 0 Å². The van der Waals surface area contributed by atoms with Gasteiger partial charge in [-0.2, -0.15) is 0 Å². The van der Waals surface area contributed by atoms with Crippen LogP contribution in [0, 0.1) is 0 Å². The highest BCUT2D eigenvalue weighted by atomic mass is 35.5. The Hall–Kier alpha value is -1.88. The summed E-state index contributed by atoms with van der Waals surface area (Å²) in [5.41, 5.74) is 0.696. The summed E-state index contributed by atoms with van der Waals surface area (Å²) in [6, 6.07) is 7.38. The van der Waals surface area contributed by atoms with Crippen molar-refractivity contribution in [1.82, 2.24) is 15.1 Å². The summed E-state index contributed by atoms with van der Waals surface area (Å²) in [4.78, 5) is 14.1. The summed E-state index contributed by atoms with van der Waals surface area (Å²) < 4.78 is 5.69. The summed E-state index contributed by atoms with van der Waals surface area (Å²) in [7, 11) is 0. The molecule has 0 bridgehead atoms. The molecule has 0 saturated heterocycles. The molecule has 0 aliphatic carbocycles. The molecule has 124 valence electrons. The van der Waals surface area contributed by atoms with E-state index < -0.39 is 0 Å². The molecular weight excluding hydrogens is 314 g/mol. The predicted octanol–water partition coefficient (Wildman–Crippen LogP) is 4.32. The molecule has 0 fully saturated rings. The Morgan fingerprint density at radius 3 is 2.70 bits per heavy atom. The molecule has 1 amide bonds. The van der Waals surface area contributed by atoms with Crippen LogP contribution in [0.25, 0.3) is 11.5 Å². The van der Waals surface area contributed by atoms with Gasteiger partial charge in [0.1, 0.15) is 0 Å². The average molecular weight is 336 g/mol. The first-order valence-electron chi connectivity index (χ1n) is 7.89. The Morgan fingerprint density at radius 2 is 2.04 bits per heavy atom. The van der Waals surface area contributed by atoms with Gasteiger partial charge in [-0.25, -0.2) is 0 Å². The van der Waals surface area contributed by atoms with Crippen LogP contribution in [-0.2, 0) is 11.3 Å². The van der Waals surface area contributed by atoms with E-state index in [0.29, 0.717) is 35.3 Å². The van der Waals surface area contributed by atoms with E-state index in [9.17, 15) is 4.79 Å². The van der Waals surface area contributed by atoms with Crippen molar-refractivity contribution >= 4 is 17.5 Å². The van der Waals surface area contributed by atoms with E-state index in [1.54, 1.807) is 11.0 Å². The highest BCUT2D eigenvalue weighted by molar-refractivity contribution is 6.33. The molecule has 2 aromatic rings. The lowest BCUT2D eigenvalue weighted by molar-refractivity contribution is -0.134. The molecule has 0 unspecified atom stereocenters. The topological polar surface area (TPSA) is 59.2 Å². The predicted molar refractivity (Wildman–Crippen MR) is 90.0 cm³/mol. The number of aromatic nitrogens is 2. The first kappa shape index (κ1) is 17.5. The van der Waals surface area contributed by atoms with Crippen molar-refractivity contribution in [2.45, 2.75) is 52.6 Å². The standard InChI is InChI=1S/C17H22ClN3O2/c1-4-5-10-16(22)21(12(2)3)11-15-19-20-17(23-15)13-8-6-7-9-14(13)18/h6-9,12H,4-5,10-11H2,1-3H3. The van der Waals surface area contributed by atoms with Crippen molar-refractivity contribution in [3.8, 4) is 11.5 Å². The zero-order valence-electron chi connectivity index (χ0n) is 13.8. The second kappa shape index (κ2) is 8.11. The van der Waals surface area contributed by atoms with Crippen molar-refractivity contribution in [2.75, 3.05) is 0 Å². The number of carbonyl (C=O) groups excluding carboxylic acids is 1. The lowest BCUT2D eigenvalue weighted by atomic mass is 10.2. The molecule has 0 aliphatic heterocycles. The van der Waals surface area contributed by atoms with Gasteiger partial charge in [-0.15, -0.1) is 10.2 Å². The van der Waals surface area contributed by atoms with Gasteiger partial charge in [0.25, 0.3) is 0 Å². The number of rotatable bonds is 7. The number of benzene rings is 1. The molecular formula is C17H22ClN3O2. The lowest BCUT2D eigenvalue weighted by Crippen LogP contribution is -2.36. The number of nitrogens with zero attached hydrogens (tertiary/aromatic N) is 3. The minimum Gasteiger partial charge on any atom is -0.419 e. The smallest absolute Gasteiger partial charge is 0.249 e. The molecule has 0 atom stereocenters. The van der Waals surface area contributed by atoms with Crippen LogP contribution in [-0.4, -0.2) is 27.0 Å². The van der Waals surface area contributed by atoms with Gasteiger partial charge in [-0.3, -0.25) is 4.79 Å². The number of carbonyl (C=O) groups is 1. The van der Waals surface area contributed by atoms with Crippen LogP contribution in [0.4, 0.5) is 0 Å². The SMILES string of the molecule is CCCCC(=O)N(Cc1nnc(-c2ccccc2Cl)o1)C(C)C. The van der Waals surface area contributed by atoms with Crippen LogP contribution in [0.3, 0.4) is 0 Å². The van der Waals surface area contributed by atoms with Crippen molar-refractivity contribution in [3.63, 3.8) is 0 Å². The summed E-state index contributed by atoms with van der Waals surface area (Å²) in [5, 5.41) is 8.65. The van der Waals surface area contributed by atoms with Gasteiger partial charge in [-0.05, 0) is 32.4 Å². The molecule has 0 aliphatic rings. The van der Waals surface area contributed by atoms with Gasteiger partial charge in [0.2, 0.25) is 17.7 Å². The first-order valence-corrected chi connectivity index (χ1v) is 8.27. The Labute approximate surface area is 141 Å². The fourth-order valence-corrected chi connectivity index (χ4v) is 2.45. The molecule has 2 rings (SSSR count). The summed E-state index contributed by atoms with van der Waals surface area (Å²) in [6.07, 6.45) is 2.42. The Kier molecular flexibility index (Phi) is 6.16. The summed E-state index contributed by atoms with van der Waals surface area (Å²) in [5.74, 6) is 0.896. The third kappa shape index (κ3) is 4.55. The van der Waals surface area contributed by atoms with E-state index in [1.165, 1.54) is 0 Å². The van der Waals surface area contributed by atoms with Crippen LogP contribution in [0.2, 0.25) is 5.02 Å². The third-order valence-electron chi connectivity index (χ3n) is 3.56. The molecule has 1 heterocycles. The summed E-state index contributed by atoms with van der Waals surface area (Å²) >= 11 is 6.14. The number of unbranched alkanes of at least 4 members (excludes halogenated alkanes) is 1. The van der Waals surface area contributed by atoms with E-state index in [2.05, 4.69) is 17.1 Å². The van der Waals surface area contributed by atoms with Crippen molar-refractivity contribution in [3.05, 3.63) is 35.2 Å². The molecule has 0 spiro atoms. The highest BCUT2D eigenvalue weighted by Gasteiger charge is 2.20. The van der Waals surface area contributed by atoms with Gasteiger partial charge >= 0.3 is 0 Å². The zero-order valence-corrected chi connectivity index (χ0v) is 14.5. The minimum absolute atomic E-state index is 0.0787. The third-order valence-corrected chi connectivity index (χ3v) is 3.89. The molecule has 1 aromatic carbocycles. The van der Waals surface area contributed by atoms with Gasteiger partial charge in [0, 0.05) is 12.5 Å². The van der Waals surface area contributed by atoms with E-state index in [1.807, 2.05) is 32.0 Å². The number of halogens is 1. The Balaban J connectivity index is 2.13. The quantitative estimate of drug-likeness (QED) is 0.756. The fraction of sp³-hybridized carbons (Fsp3) is 0.471. The second-order valence-electron chi connectivity index (χ2n) is 5.70. The molecule has 6 heteroatoms. The molecule has 0 saturated carbocycles. The number of hydrogen-bond acceptors (Lipinski definition) is 4. The molecule has 0 radical (unpaired) electrons. The van der Waals surface area contributed by atoms with Crippen molar-refractivity contribution in [1.29, 1.82) is 0 Å². The highest BCUT2D eigenvalue weighted by Crippen LogP contribution is 2.26. The van der Waals surface area contributed by atoms with Gasteiger partial charge in [0.15, 0.2) is 0 Å². The van der Waals surface area contributed by atoms with Crippen LogP contribution in [0.15, 0.2) is 28.7 Å². The monoisotopic (exact) mass is 335 g/mol. The average Bonchev–Trinajstić information content (AvgIpc) is 2.99. The molecule has 1 aromatic heterocycles. The van der Waals surface area contributed by atoms with Crippen molar-refractivity contribution in [2.24, 2.45) is 0 Å². The van der Waals surface area contributed by atoms with Crippen LogP contribution in [0.5, 0.6) is 0 Å². The summed E-state index contributed by atoms with van der Waals surface area (Å²) in [6.45, 7) is 6.35. The van der Waals surface area contributed by atoms with Crippen LogP contribution in [0.1, 0.15) is 45.9 Å². The van der Waals surface area contributed by atoms with E-state index in [0.717, 1.165) is 12.8 Å². The van der Waals surface area contributed by atoms with Gasteiger partial charge in [-0.1, -0.05) is 37.1 Å². The normalized spacial score (nSPS) is 11.0. The minimum atomic E-state index is 0.0787. The number of amides is 1. The maximum Gasteiger partial charge on any atom is 0.249 e. The lowest BCUT2D eigenvalue weighted by Gasteiger charge is -2.25. The van der Waals surface area contributed by atoms with Crippen LogP contribution < -0.4 is 0 Å². The number of hydrogen-bond donors (Lipinski definition) is 0. The zero-order chi connectivity index (χ0) is 16.8. The fourth-order valence-electron chi connectivity index (χ4n) is 2.24. The largest absolute Gasteiger partial charge is 0.419 e. The van der Waals surface area contributed by atoms with Crippen molar-refractivity contribution < 1.29 is 9.21 Å². The molecule has 23 heavy (non-hydrogen) atoms. The molecule has 5 nitrogen and oxygen atoms in total. The Morgan fingerprint density at radius 1 is 1.30 bits per heavy atom. The second-order valence-corrected chi connectivity index (χ2v) is 6.11. The van der Waals surface area contributed by atoms with E-state index in [4.69, 9.17) is 16.0 Å². The van der Waals surface area contributed by atoms with Gasteiger partial charge < -0.3 is 9.32 Å². The maximum atomic E-state index is 12.3. The van der Waals surface area contributed by atoms with Crippen LogP contribution >= 0.6 is 11.6 Å². The Bertz CT molecular complexity index is 655.